The number of benzene rings is 2. The van der Waals surface area contributed by atoms with E-state index in [0.717, 1.165) is 16.8 Å². The van der Waals surface area contributed by atoms with Gasteiger partial charge in [0.25, 0.3) is 0 Å². The van der Waals surface area contributed by atoms with Crippen molar-refractivity contribution in [3.8, 4) is 11.4 Å². The van der Waals surface area contributed by atoms with Gasteiger partial charge in [0.05, 0.1) is 23.6 Å². The number of hydrogen-bond acceptors (Lipinski definition) is 6. The molecule has 0 saturated carbocycles. The van der Waals surface area contributed by atoms with Crippen LogP contribution in [-0.4, -0.2) is 38.9 Å². The summed E-state index contributed by atoms with van der Waals surface area (Å²) >= 11 is 7.37. The monoisotopic (exact) mass is 388 g/mol. The van der Waals surface area contributed by atoms with Crippen LogP contribution in [0, 0.1) is 13.8 Å². The molecule has 1 aromatic heterocycles. The smallest absolute Gasteiger partial charge is 0.214 e. The molecular formula is C18H17ClN4O2S. The quantitative estimate of drug-likeness (QED) is 0.471. The van der Waals surface area contributed by atoms with E-state index in [1.54, 1.807) is 22.9 Å². The third-order valence-corrected chi connectivity index (χ3v) is 4.91. The number of hydrogen-bond donors (Lipinski definition) is 0. The summed E-state index contributed by atoms with van der Waals surface area (Å²) in [5, 5.41) is 12.8. The second kappa shape index (κ2) is 7.88. The highest BCUT2D eigenvalue weighted by molar-refractivity contribution is 7.99. The van der Waals surface area contributed by atoms with Crippen molar-refractivity contribution in [2.45, 2.75) is 19.0 Å². The van der Waals surface area contributed by atoms with E-state index in [4.69, 9.17) is 16.3 Å². The van der Waals surface area contributed by atoms with Gasteiger partial charge >= 0.3 is 0 Å². The fourth-order valence-electron chi connectivity index (χ4n) is 2.56. The first-order valence-electron chi connectivity index (χ1n) is 7.84. The van der Waals surface area contributed by atoms with Gasteiger partial charge in [-0.15, -0.1) is 5.10 Å². The van der Waals surface area contributed by atoms with E-state index >= 15 is 0 Å². The van der Waals surface area contributed by atoms with Gasteiger partial charge in [0.15, 0.2) is 5.78 Å². The zero-order chi connectivity index (χ0) is 18.7. The first-order valence-corrected chi connectivity index (χ1v) is 9.21. The van der Waals surface area contributed by atoms with Gasteiger partial charge in [0.2, 0.25) is 5.16 Å². The number of carbonyl (C=O) groups excluding carboxylic acids is 1. The number of aromatic nitrogens is 4. The highest BCUT2D eigenvalue weighted by Crippen LogP contribution is 2.26. The maximum atomic E-state index is 12.4. The maximum absolute atomic E-state index is 12.4. The molecule has 0 aliphatic rings. The van der Waals surface area contributed by atoms with Crippen molar-refractivity contribution < 1.29 is 9.53 Å². The molecule has 0 N–H and O–H groups in total. The lowest BCUT2D eigenvalue weighted by atomic mass is 10.1. The summed E-state index contributed by atoms with van der Waals surface area (Å²) in [7, 11) is 1.53. The van der Waals surface area contributed by atoms with Gasteiger partial charge in [-0.25, -0.2) is 0 Å². The molecule has 3 rings (SSSR count). The van der Waals surface area contributed by atoms with Crippen LogP contribution in [0.3, 0.4) is 0 Å². The van der Waals surface area contributed by atoms with E-state index < -0.39 is 0 Å². The van der Waals surface area contributed by atoms with Crippen molar-refractivity contribution in [1.29, 1.82) is 0 Å². The largest absolute Gasteiger partial charge is 0.495 e. The predicted octanol–water partition coefficient (Wildman–Crippen LogP) is 3.92. The van der Waals surface area contributed by atoms with Crippen LogP contribution in [0.15, 0.2) is 41.6 Å². The number of halogens is 1. The van der Waals surface area contributed by atoms with Crippen molar-refractivity contribution in [3.63, 3.8) is 0 Å². The summed E-state index contributed by atoms with van der Waals surface area (Å²) in [5.74, 6) is 0.678. The summed E-state index contributed by atoms with van der Waals surface area (Å²) < 4.78 is 6.74. The summed E-state index contributed by atoms with van der Waals surface area (Å²) in [6, 6.07) is 11.1. The number of tetrazole rings is 1. The van der Waals surface area contributed by atoms with Gasteiger partial charge in [0, 0.05) is 5.56 Å². The molecule has 1 heterocycles. The molecule has 0 saturated heterocycles. The highest BCUT2D eigenvalue weighted by Gasteiger charge is 2.14. The Hall–Kier alpha value is -2.38. The molecule has 0 aliphatic carbocycles. The Bertz CT molecular complexity index is 938. The number of ether oxygens (including phenoxy) is 1. The second-order valence-corrected chi connectivity index (χ2v) is 7.13. The van der Waals surface area contributed by atoms with E-state index in [9.17, 15) is 4.79 Å². The number of thioether (sulfide) groups is 1. The number of ketones is 1. The minimum absolute atomic E-state index is 0.0606. The minimum Gasteiger partial charge on any atom is -0.495 e. The van der Waals surface area contributed by atoms with Crippen molar-refractivity contribution in [2.24, 2.45) is 0 Å². The van der Waals surface area contributed by atoms with E-state index in [-0.39, 0.29) is 11.5 Å². The normalized spacial score (nSPS) is 10.8. The third kappa shape index (κ3) is 4.05. The molecule has 0 fully saturated rings. The molecule has 0 atom stereocenters. The number of aryl methyl sites for hydroxylation is 2. The third-order valence-electron chi connectivity index (χ3n) is 3.70. The number of Topliss-reactive ketones (excluding diaryl/α,β-unsaturated/α-hetero) is 1. The van der Waals surface area contributed by atoms with Crippen LogP contribution in [0.5, 0.6) is 5.75 Å². The molecule has 0 aliphatic heterocycles. The number of carbonyl (C=O) groups is 1. The number of rotatable bonds is 6. The minimum atomic E-state index is -0.0606. The lowest BCUT2D eigenvalue weighted by Crippen LogP contribution is -2.05. The van der Waals surface area contributed by atoms with Gasteiger partial charge in [-0.1, -0.05) is 29.4 Å². The number of methoxy groups -OCH3 is 1. The van der Waals surface area contributed by atoms with Gasteiger partial charge in [0.1, 0.15) is 5.75 Å². The summed E-state index contributed by atoms with van der Waals surface area (Å²) in [4.78, 5) is 12.4. The van der Waals surface area contributed by atoms with Crippen molar-refractivity contribution >= 4 is 29.1 Å². The van der Waals surface area contributed by atoms with E-state index in [2.05, 4.69) is 21.6 Å². The number of nitrogens with zero attached hydrogens (tertiary/aromatic N) is 4. The average molecular weight is 389 g/mol. The summed E-state index contributed by atoms with van der Waals surface area (Å²) in [6.45, 7) is 4.04. The van der Waals surface area contributed by atoms with E-state index in [1.807, 2.05) is 26.0 Å². The summed E-state index contributed by atoms with van der Waals surface area (Å²) in [6.07, 6.45) is 0. The Labute approximate surface area is 160 Å². The standard InChI is InChI=1S/C18H17ClN4O2S/c1-11-6-12(2)8-14(7-11)23-18(20-21-22-23)26-10-16(24)13-4-5-17(25-3)15(19)9-13/h4-9H,10H2,1-3H3. The Balaban J connectivity index is 1.76. The topological polar surface area (TPSA) is 69.9 Å². The van der Waals surface area contributed by atoms with Gasteiger partial charge in [-0.05, 0) is 65.7 Å². The fraction of sp³-hybridized carbons (Fsp3) is 0.222. The van der Waals surface area contributed by atoms with Crippen LogP contribution in [0.25, 0.3) is 5.69 Å². The van der Waals surface area contributed by atoms with E-state index in [0.29, 0.717) is 21.5 Å². The van der Waals surface area contributed by atoms with Crippen LogP contribution in [0.2, 0.25) is 5.02 Å². The van der Waals surface area contributed by atoms with Crippen LogP contribution in [-0.2, 0) is 0 Å². The molecule has 0 unspecified atom stereocenters. The van der Waals surface area contributed by atoms with Gasteiger partial charge in [-0.3, -0.25) is 4.79 Å². The predicted molar refractivity (Wildman–Crippen MR) is 102 cm³/mol. The van der Waals surface area contributed by atoms with Crippen LogP contribution in [0.1, 0.15) is 21.5 Å². The van der Waals surface area contributed by atoms with Gasteiger partial charge < -0.3 is 4.74 Å². The molecule has 0 radical (unpaired) electrons. The lowest BCUT2D eigenvalue weighted by molar-refractivity contribution is 0.102. The Kier molecular flexibility index (Phi) is 5.58. The van der Waals surface area contributed by atoms with Crippen LogP contribution < -0.4 is 4.74 Å². The first kappa shape index (κ1) is 18.4. The SMILES string of the molecule is COc1ccc(C(=O)CSc2nnnn2-c2cc(C)cc(C)c2)cc1Cl. The Morgan fingerprint density at radius 2 is 1.92 bits per heavy atom. The molecule has 26 heavy (non-hydrogen) atoms. The van der Waals surface area contributed by atoms with Crippen LogP contribution >= 0.6 is 23.4 Å². The first-order chi connectivity index (χ1) is 12.5. The molecule has 0 amide bonds. The van der Waals surface area contributed by atoms with Crippen molar-refractivity contribution in [1.82, 2.24) is 20.2 Å². The Morgan fingerprint density at radius 3 is 2.58 bits per heavy atom. The molecule has 134 valence electrons. The van der Waals surface area contributed by atoms with Crippen LogP contribution in [0.4, 0.5) is 0 Å². The maximum Gasteiger partial charge on any atom is 0.214 e. The van der Waals surface area contributed by atoms with Crippen molar-refractivity contribution in [2.75, 3.05) is 12.9 Å². The molecule has 0 bridgehead atoms. The zero-order valence-corrected chi connectivity index (χ0v) is 16.1. The molecule has 6 nitrogen and oxygen atoms in total. The second-order valence-electron chi connectivity index (χ2n) is 5.78. The molecule has 0 spiro atoms. The lowest BCUT2D eigenvalue weighted by Gasteiger charge is -2.07. The molecule has 8 heteroatoms. The molecule has 2 aromatic carbocycles. The fourth-order valence-corrected chi connectivity index (χ4v) is 3.60. The zero-order valence-electron chi connectivity index (χ0n) is 14.6. The molecular weight excluding hydrogens is 372 g/mol. The van der Waals surface area contributed by atoms with Crippen molar-refractivity contribution in [3.05, 3.63) is 58.1 Å². The van der Waals surface area contributed by atoms with Gasteiger partial charge in [-0.2, -0.15) is 4.68 Å². The average Bonchev–Trinajstić information content (AvgIpc) is 3.07. The summed E-state index contributed by atoms with van der Waals surface area (Å²) in [5.41, 5.74) is 3.63. The Morgan fingerprint density at radius 1 is 1.19 bits per heavy atom. The molecule has 3 aromatic rings. The van der Waals surface area contributed by atoms with E-state index in [1.165, 1.54) is 18.9 Å². The highest BCUT2D eigenvalue weighted by atomic mass is 35.5.